The average molecular weight is 350 g/mol. The number of primary amides is 1. The van der Waals surface area contributed by atoms with E-state index in [9.17, 15) is 9.59 Å². The van der Waals surface area contributed by atoms with Gasteiger partial charge in [0.25, 0.3) is 0 Å². The second-order valence-corrected chi connectivity index (χ2v) is 7.06. The van der Waals surface area contributed by atoms with Crippen molar-refractivity contribution < 1.29 is 9.59 Å². The Morgan fingerprint density at radius 2 is 1.54 bits per heavy atom. The first-order chi connectivity index (χ1) is 12.6. The van der Waals surface area contributed by atoms with Crippen molar-refractivity contribution in [1.82, 2.24) is 4.90 Å². The Hall–Kier alpha value is -2.62. The van der Waals surface area contributed by atoms with Crippen molar-refractivity contribution in [2.24, 2.45) is 11.7 Å². The van der Waals surface area contributed by atoms with Crippen molar-refractivity contribution >= 4 is 11.8 Å². The Morgan fingerprint density at radius 1 is 0.962 bits per heavy atom. The second kappa shape index (κ2) is 8.65. The van der Waals surface area contributed by atoms with Gasteiger partial charge in [-0.2, -0.15) is 0 Å². The van der Waals surface area contributed by atoms with Crippen LogP contribution in [0.25, 0.3) is 0 Å². The van der Waals surface area contributed by atoms with Gasteiger partial charge in [-0.3, -0.25) is 9.59 Å². The summed E-state index contributed by atoms with van der Waals surface area (Å²) in [7, 11) is 0. The maximum atomic E-state index is 12.9. The number of hydrogen-bond acceptors (Lipinski definition) is 2. The second-order valence-electron chi connectivity index (χ2n) is 7.06. The molecule has 1 unspecified atom stereocenters. The topological polar surface area (TPSA) is 63.4 Å². The van der Waals surface area contributed by atoms with Gasteiger partial charge in [-0.15, -0.1) is 0 Å². The molecule has 4 nitrogen and oxygen atoms in total. The third kappa shape index (κ3) is 4.72. The number of nitrogens with zero attached hydrogens (tertiary/aromatic N) is 1. The number of likely N-dealkylation sites (tertiary alicyclic amines) is 1. The highest BCUT2D eigenvalue weighted by Crippen LogP contribution is 2.26. The zero-order valence-corrected chi connectivity index (χ0v) is 15.0. The third-order valence-electron chi connectivity index (χ3n) is 5.27. The maximum absolute atomic E-state index is 12.9. The van der Waals surface area contributed by atoms with E-state index in [0.29, 0.717) is 32.4 Å². The van der Waals surface area contributed by atoms with Gasteiger partial charge in [-0.25, -0.2) is 0 Å². The van der Waals surface area contributed by atoms with Crippen LogP contribution in [0.4, 0.5) is 0 Å². The van der Waals surface area contributed by atoms with Gasteiger partial charge in [0.15, 0.2) is 0 Å². The van der Waals surface area contributed by atoms with Crippen LogP contribution in [0.1, 0.15) is 36.3 Å². The van der Waals surface area contributed by atoms with E-state index in [1.54, 1.807) is 0 Å². The standard InChI is InChI=1S/C22H26N2O2/c23-22(26)19-11-13-24(14-12-19)21(25)16-20(18-9-5-2-6-10-18)15-17-7-3-1-4-8-17/h1-10,19-20H,11-16H2,(H2,23,26). The van der Waals surface area contributed by atoms with Crippen molar-refractivity contribution in [2.45, 2.75) is 31.6 Å². The molecule has 2 aromatic carbocycles. The molecule has 2 amide bonds. The van der Waals surface area contributed by atoms with Gasteiger partial charge >= 0.3 is 0 Å². The number of carbonyl (C=O) groups is 2. The summed E-state index contributed by atoms with van der Waals surface area (Å²) < 4.78 is 0. The number of hydrogen-bond donors (Lipinski definition) is 1. The Bertz CT molecular complexity index is 722. The Balaban J connectivity index is 1.67. The van der Waals surface area contributed by atoms with E-state index in [1.165, 1.54) is 11.1 Å². The Morgan fingerprint density at radius 3 is 2.12 bits per heavy atom. The molecule has 1 aliphatic heterocycles. The number of rotatable bonds is 6. The van der Waals surface area contributed by atoms with Gasteiger partial charge in [0.05, 0.1) is 0 Å². The molecular formula is C22H26N2O2. The quantitative estimate of drug-likeness (QED) is 0.870. The molecule has 0 spiro atoms. The summed E-state index contributed by atoms with van der Waals surface area (Å²) in [6.45, 7) is 1.25. The van der Waals surface area contributed by atoms with Crippen molar-refractivity contribution in [3.05, 3.63) is 71.8 Å². The first-order valence-corrected chi connectivity index (χ1v) is 9.29. The predicted octanol–water partition coefficient (Wildman–Crippen LogP) is 3.13. The van der Waals surface area contributed by atoms with Gasteiger partial charge in [0.2, 0.25) is 11.8 Å². The SMILES string of the molecule is NC(=O)C1CCN(C(=O)CC(Cc2ccccc2)c2ccccc2)CC1. The molecule has 0 aromatic heterocycles. The molecule has 1 heterocycles. The van der Waals surface area contributed by atoms with Gasteiger partial charge in [0.1, 0.15) is 0 Å². The first kappa shape index (κ1) is 18.2. The normalized spacial score (nSPS) is 16.2. The molecular weight excluding hydrogens is 324 g/mol. The third-order valence-corrected chi connectivity index (χ3v) is 5.27. The van der Waals surface area contributed by atoms with Crippen LogP contribution in [0.15, 0.2) is 60.7 Å². The van der Waals surface area contributed by atoms with Crippen LogP contribution in [0.2, 0.25) is 0 Å². The van der Waals surface area contributed by atoms with Gasteiger partial charge in [0, 0.05) is 25.4 Å². The smallest absolute Gasteiger partial charge is 0.223 e. The fourth-order valence-corrected chi connectivity index (χ4v) is 3.68. The summed E-state index contributed by atoms with van der Waals surface area (Å²) in [6.07, 6.45) is 2.68. The van der Waals surface area contributed by atoms with Crippen LogP contribution in [0.5, 0.6) is 0 Å². The molecule has 0 radical (unpaired) electrons. The average Bonchev–Trinajstić information content (AvgIpc) is 2.69. The molecule has 0 bridgehead atoms. The number of nitrogens with two attached hydrogens (primary N) is 1. The van der Waals surface area contributed by atoms with E-state index in [2.05, 4.69) is 24.3 Å². The van der Waals surface area contributed by atoms with E-state index >= 15 is 0 Å². The molecule has 1 atom stereocenters. The van der Waals surface area contributed by atoms with Gasteiger partial charge in [-0.05, 0) is 36.3 Å². The summed E-state index contributed by atoms with van der Waals surface area (Å²) in [5.74, 6) is -0.0192. The molecule has 136 valence electrons. The predicted molar refractivity (Wildman–Crippen MR) is 102 cm³/mol. The summed E-state index contributed by atoms with van der Waals surface area (Å²) >= 11 is 0. The molecule has 1 fully saturated rings. The Kier molecular flexibility index (Phi) is 6.05. The lowest BCUT2D eigenvalue weighted by Crippen LogP contribution is -2.42. The van der Waals surface area contributed by atoms with E-state index in [1.807, 2.05) is 41.3 Å². The summed E-state index contributed by atoms with van der Waals surface area (Å²) in [5, 5.41) is 0. The molecule has 0 aliphatic carbocycles. The maximum Gasteiger partial charge on any atom is 0.223 e. The highest BCUT2D eigenvalue weighted by Gasteiger charge is 2.27. The largest absolute Gasteiger partial charge is 0.369 e. The minimum absolute atomic E-state index is 0.0895. The minimum atomic E-state index is -0.247. The van der Waals surface area contributed by atoms with Gasteiger partial charge in [-0.1, -0.05) is 60.7 Å². The minimum Gasteiger partial charge on any atom is -0.369 e. The molecule has 4 heteroatoms. The number of benzene rings is 2. The molecule has 1 aliphatic rings. The lowest BCUT2D eigenvalue weighted by atomic mass is 9.88. The van der Waals surface area contributed by atoms with E-state index in [-0.39, 0.29) is 23.7 Å². The molecule has 2 N–H and O–H groups in total. The zero-order chi connectivity index (χ0) is 18.4. The van der Waals surface area contributed by atoms with E-state index < -0.39 is 0 Å². The fourth-order valence-electron chi connectivity index (χ4n) is 3.68. The van der Waals surface area contributed by atoms with Crippen LogP contribution in [0.3, 0.4) is 0 Å². The van der Waals surface area contributed by atoms with Crippen LogP contribution in [0, 0.1) is 5.92 Å². The fraction of sp³-hybridized carbons (Fsp3) is 0.364. The van der Waals surface area contributed by atoms with Crippen molar-refractivity contribution in [1.29, 1.82) is 0 Å². The monoisotopic (exact) mass is 350 g/mol. The highest BCUT2D eigenvalue weighted by molar-refractivity contribution is 5.79. The molecule has 3 rings (SSSR count). The molecule has 0 saturated carbocycles. The summed E-state index contributed by atoms with van der Waals surface area (Å²) in [4.78, 5) is 26.1. The molecule has 1 saturated heterocycles. The van der Waals surface area contributed by atoms with E-state index in [0.717, 1.165) is 6.42 Å². The number of amides is 2. The summed E-state index contributed by atoms with van der Waals surface area (Å²) in [5.41, 5.74) is 7.82. The van der Waals surface area contributed by atoms with E-state index in [4.69, 9.17) is 5.73 Å². The van der Waals surface area contributed by atoms with Crippen molar-refractivity contribution in [3.8, 4) is 0 Å². The van der Waals surface area contributed by atoms with Crippen LogP contribution in [-0.4, -0.2) is 29.8 Å². The van der Waals surface area contributed by atoms with Crippen molar-refractivity contribution in [3.63, 3.8) is 0 Å². The van der Waals surface area contributed by atoms with Crippen LogP contribution >= 0.6 is 0 Å². The molecule has 2 aromatic rings. The lowest BCUT2D eigenvalue weighted by Gasteiger charge is -2.32. The van der Waals surface area contributed by atoms with Gasteiger partial charge < -0.3 is 10.6 Å². The summed E-state index contributed by atoms with van der Waals surface area (Å²) in [6, 6.07) is 20.5. The number of piperidine rings is 1. The molecule has 26 heavy (non-hydrogen) atoms. The highest BCUT2D eigenvalue weighted by atomic mass is 16.2. The Labute approximate surface area is 155 Å². The van der Waals surface area contributed by atoms with Crippen LogP contribution < -0.4 is 5.73 Å². The first-order valence-electron chi connectivity index (χ1n) is 9.29. The lowest BCUT2D eigenvalue weighted by molar-refractivity contribution is -0.135. The van der Waals surface area contributed by atoms with Crippen molar-refractivity contribution in [2.75, 3.05) is 13.1 Å². The zero-order valence-electron chi connectivity index (χ0n) is 15.0. The van der Waals surface area contributed by atoms with Crippen LogP contribution in [-0.2, 0) is 16.0 Å². The number of carbonyl (C=O) groups excluding carboxylic acids is 2.